The molecule has 0 spiro atoms. The summed E-state index contributed by atoms with van der Waals surface area (Å²) < 4.78 is 10.3. The number of rotatable bonds is 3. The summed E-state index contributed by atoms with van der Waals surface area (Å²) in [6.45, 7) is 3.87. The molecule has 0 bridgehead atoms. The van der Waals surface area contributed by atoms with Crippen LogP contribution in [0.3, 0.4) is 0 Å². The lowest BCUT2D eigenvalue weighted by molar-refractivity contribution is 0.273. The molecule has 0 amide bonds. The molecule has 0 radical (unpaired) electrons. The Morgan fingerprint density at radius 1 is 1.62 bits per heavy atom. The molecule has 0 aromatic carbocycles. The van der Waals surface area contributed by atoms with E-state index in [1.54, 1.807) is 0 Å². The minimum Gasteiger partial charge on any atom is -0.396 e. The van der Waals surface area contributed by atoms with Gasteiger partial charge < -0.3 is 5.11 Å². The van der Waals surface area contributed by atoms with Gasteiger partial charge in [0.2, 0.25) is 0 Å². The Labute approximate surface area is 51.1 Å². The number of aliphatic hydroxyl groups is 1. The molecular formula is C5H12O2P+. The Hall–Kier alpha value is 0.0600. The quantitative estimate of drug-likeness (QED) is 0.590. The molecule has 0 aliphatic rings. The second-order valence-electron chi connectivity index (χ2n) is 2.46. The summed E-state index contributed by atoms with van der Waals surface area (Å²) in [5.74, 6) is 0. The van der Waals surface area contributed by atoms with Gasteiger partial charge in [-0.15, -0.1) is 0 Å². The van der Waals surface area contributed by atoms with Gasteiger partial charge in [-0.2, -0.15) is 0 Å². The molecule has 1 atom stereocenters. The van der Waals surface area contributed by atoms with Gasteiger partial charge in [-0.3, -0.25) is 0 Å². The topological polar surface area (TPSA) is 37.3 Å². The van der Waals surface area contributed by atoms with Crippen LogP contribution in [0.2, 0.25) is 0 Å². The largest absolute Gasteiger partial charge is 0.396 e. The summed E-state index contributed by atoms with van der Waals surface area (Å²) >= 11 is 0. The molecule has 0 aromatic rings. The molecular weight excluding hydrogens is 123 g/mol. The van der Waals surface area contributed by atoms with E-state index in [9.17, 15) is 4.57 Å². The zero-order valence-electron chi connectivity index (χ0n) is 5.27. The van der Waals surface area contributed by atoms with Crippen LogP contribution >= 0.6 is 8.46 Å². The first-order chi connectivity index (χ1) is 3.62. The molecule has 2 nitrogen and oxygen atoms in total. The van der Waals surface area contributed by atoms with Crippen molar-refractivity contribution in [2.75, 3.05) is 6.61 Å². The van der Waals surface area contributed by atoms with Crippen molar-refractivity contribution in [3.8, 4) is 0 Å². The summed E-state index contributed by atoms with van der Waals surface area (Å²) in [4.78, 5) is 0. The monoisotopic (exact) mass is 135 g/mol. The molecule has 0 aliphatic heterocycles. The number of hydrogen-bond donors (Lipinski definition) is 1. The Kier molecular flexibility index (Phi) is 3.18. The fraction of sp³-hybridized carbons (Fsp3) is 1.00. The van der Waals surface area contributed by atoms with Crippen molar-refractivity contribution in [2.45, 2.75) is 25.4 Å². The standard InChI is InChI=1S/C5H11O2P/c1-5(2,8-7)3-4-6/h6H,3-4H2,1-2H3/p+1. The molecule has 48 valence electrons. The number of hydrogen-bond acceptors (Lipinski definition) is 2. The van der Waals surface area contributed by atoms with Gasteiger partial charge in [-0.25, -0.2) is 0 Å². The summed E-state index contributed by atoms with van der Waals surface area (Å²) in [5, 5.41) is 8.21. The van der Waals surface area contributed by atoms with Crippen LogP contribution < -0.4 is 0 Å². The van der Waals surface area contributed by atoms with E-state index in [2.05, 4.69) is 0 Å². The minimum atomic E-state index is -0.319. The highest BCUT2D eigenvalue weighted by Gasteiger charge is 2.24. The van der Waals surface area contributed by atoms with Crippen molar-refractivity contribution in [2.24, 2.45) is 0 Å². The lowest BCUT2D eigenvalue weighted by atomic mass is 10.1. The summed E-state index contributed by atoms with van der Waals surface area (Å²) in [6, 6.07) is 0. The van der Waals surface area contributed by atoms with E-state index < -0.39 is 0 Å². The Morgan fingerprint density at radius 2 is 2.12 bits per heavy atom. The van der Waals surface area contributed by atoms with E-state index in [0.29, 0.717) is 6.42 Å². The normalized spacial score (nSPS) is 12.4. The molecule has 0 saturated heterocycles. The molecule has 0 fully saturated rings. The van der Waals surface area contributed by atoms with E-state index in [4.69, 9.17) is 5.11 Å². The van der Waals surface area contributed by atoms with E-state index in [1.807, 2.05) is 13.8 Å². The average molecular weight is 135 g/mol. The van der Waals surface area contributed by atoms with Gasteiger partial charge >= 0.3 is 8.46 Å². The maximum Gasteiger partial charge on any atom is 0.330 e. The summed E-state index contributed by atoms with van der Waals surface area (Å²) in [5.41, 5.74) is 0. The van der Waals surface area contributed by atoms with Crippen LogP contribution in [0.15, 0.2) is 0 Å². The van der Waals surface area contributed by atoms with E-state index >= 15 is 0 Å². The van der Waals surface area contributed by atoms with E-state index in [1.165, 1.54) is 0 Å². The average Bonchev–Trinajstić information content (AvgIpc) is 1.67. The van der Waals surface area contributed by atoms with Crippen molar-refractivity contribution >= 4 is 8.46 Å². The van der Waals surface area contributed by atoms with Gasteiger partial charge in [0.15, 0.2) is 5.16 Å². The van der Waals surface area contributed by atoms with Crippen LogP contribution in [-0.2, 0) is 4.57 Å². The molecule has 0 heterocycles. The van der Waals surface area contributed by atoms with Gasteiger partial charge in [0.25, 0.3) is 0 Å². The van der Waals surface area contributed by atoms with Crippen LogP contribution in [0.1, 0.15) is 20.3 Å². The molecule has 0 aromatic heterocycles. The van der Waals surface area contributed by atoms with Gasteiger partial charge in [-0.1, -0.05) is 4.57 Å². The third-order valence-corrected chi connectivity index (χ3v) is 1.82. The second kappa shape index (κ2) is 3.16. The first kappa shape index (κ1) is 8.06. The maximum absolute atomic E-state index is 10.3. The van der Waals surface area contributed by atoms with Crippen molar-refractivity contribution in [3.05, 3.63) is 0 Å². The molecule has 0 rings (SSSR count). The van der Waals surface area contributed by atoms with Crippen molar-refractivity contribution in [1.29, 1.82) is 0 Å². The molecule has 8 heavy (non-hydrogen) atoms. The fourth-order valence-electron chi connectivity index (χ4n) is 0.331. The van der Waals surface area contributed by atoms with Crippen molar-refractivity contribution in [1.82, 2.24) is 0 Å². The van der Waals surface area contributed by atoms with E-state index in [-0.39, 0.29) is 20.2 Å². The summed E-state index contributed by atoms with van der Waals surface area (Å²) in [6.07, 6.45) is 0.620. The molecule has 1 N–H and O–H groups in total. The first-order valence-corrected chi connectivity index (χ1v) is 3.53. The van der Waals surface area contributed by atoms with Gasteiger partial charge in [-0.05, 0) is 13.8 Å². The molecule has 0 aliphatic carbocycles. The zero-order valence-corrected chi connectivity index (χ0v) is 6.27. The van der Waals surface area contributed by atoms with E-state index in [0.717, 1.165) is 0 Å². The third-order valence-electron chi connectivity index (χ3n) is 1.01. The Balaban J connectivity index is 3.53. The summed E-state index contributed by atoms with van der Waals surface area (Å²) in [7, 11) is -0.319. The zero-order chi connectivity index (χ0) is 6.62. The van der Waals surface area contributed by atoms with Crippen LogP contribution in [0, 0.1) is 0 Å². The van der Waals surface area contributed by atoms with Crippen LogP contribution in [0.4, 0.5) is 0 Å². The highest BCUT2D eigenvalue weighted by atomic mass is 31.1. The van der Waals surface area contributed by atoms with Crippen molar-refractivity contribution in [3.63, 3.8) is 0 Å². The van der Waals surface area contributed by atoms with Gasteiger partial charge in [0.1, 0.15) is 0 Å². The van der Waals surface area contributed by atoms with Crippen LogP contribution in [0.5, 0.6) is 0 Å². The number of aliphatic hydroxyl groups excluding tert-OH is 1. The molecule has 1 unspecified atom stereocenters. The van der Waals surface area contributed by atoms with Gasteiger partial charge in [0.05, 0.1) is 0 Å². The van der Waals surface area contributed by atoms with Crippen LogP contribution in [-0.4, -0.2) is 16.9 Å². The first-order valence-electron chi connectivity index (χ1n) is 2.62. The second-order valence-corrected chi connectivity index (χ2v) is 4.02. The lowest BCUT2D eigenvalue weighted by Gasteiger charge is -2.03. The van der Waals surface area contributed by atoms with Gasteiger partial charge in [0, 0.05) is 13.0 Å². The van der Waals surface area contributed by atoms with Crippen molar-refractivity contribution < 1.29 is 9.67 Å². The lowest BCUT2D eigenvalue weighted by Crippen LogP contribution is -2.11. The highest BCUT2D eigenvalue weighted by molar-refractivity contribution is 7.25. The Morgan fingerprint density at radius 3 is 2.25 bits per heavy atom. The third kappa shape index (κ3) is 3.11. The fourth-order valence-corrected chi connectivity index (χ4v) is 0.544. The predicted octanol–water partition coefficient (Wildman–Crippen LogP) is 1.17. The highest BCUT2D eigenvalue weighted by Crippen LogP contribution is 2.24. The smallest absolute Gasteiger partial charge is 0.330 e. The molecule has 0 saturated carbocycles. The molecule has 3 heteroatoms. The van der Waals surface area contributed by atoms with Crippen LogP contribution in [0.25, 0.3) is 0 Å². The SMILES string of the molecule is CC(C)(CCO)[PH+]=O. The Bertz CT molecular complexity index is 80.5. The maximum atomic E-state index is 10.3. The predicted molar refractivity (Wildman–Crippen MR) is 34.8 cm³/mol. The minimum absolute atomic E-state index is 0.127.